The van der Waals surface area contributed by atoms with Crippen LogP contribution in [-0.4, -0.2) is 46.5 Å². The van der Waals surface area contributed by atoms with Gasteiger partial charge in [-0.25, -0.2) is 14.4 Å². The van der Waals surface area contributed by atoms with E-state index in [0.717, 1.165) is 38.5 Å². The van der Waals surface area contributed by atoms with Gasteiger partial charge in [0.25, 0.3) is 0 Å². The molecule has 2 fully saturated rings. The molecule has 2 aliphatic rings. The Morgan fingerprint density at radius 3 is 2.59 bits per heavy atom. The van der Waals surface area contributed by atoms with Gasteiger partial charge in [0, 0.05) is 43.3 Å². The zero-order valence-electron chi connectivity index (χ0n) is 22.8. The highest BCUT2D eigenvalue weighted by Gasteiger charge is 2.31. The molecule has 1 aromatic carbocycles. The molecule has 0 bridgehead atoms. The zero-order chi connectivity index (χ0) is 29.1. The molecular weight excluding hydrogens is 550 g/mol. The second-order valence-electron chi connectivity index (χ2n) is 10.8. The number of rotatable bonds is 9. The molecule has 8 nitrogen and oxygen atoms in total. The summed E-state index contributed by atoms with van der Waals surface area (Å²) in [6, 6.07) is 7.44. The Balaban J connectivity index is 1.42. The van der Waals surface area contributed by atoms with Gasteiger partial charge in [0.15, 0.2) is 5.13 Å². The number of aromatic nitrogens is 2. The lowest BCUT2D eigenvalue weighted by atomic mass is 9.90. The van der Waals surface area contributed by atoms with Gasteiger partial charge in [-0.3, -0.25) is 24.2 Å². The molecule has 1 aliphatic heterocycles. The number of pyridine rings is 1. The van der Waals surface area contributed by atoms with Crippen molar-refractivity contribution in [3.63, 3.8) is 0 Å². The SMILES string of the molecule is CN(C(=O)C(CC(=O)O)CC1CCCC1)c1nc(-c2cc(F)ccc2-c2ccc(N3CCCCC3=O)nc2)c(F)s1. The number of benzene rings is 1. The summed E-state index contributed by atoms with van der Waals surface area (Å²) in [6.07, 6.45) is 8.04. The van der Waals surface area contributed by atoms with Gasteiger partial charge in [-0.2, -0.15) is 4.39 Å². The molecule has 0 spiro atoms. The van der Waals surface area contributed by atoms with Gasteiger partial charge in [0.2, 0.25) is 16.9 Å². The number of carboxylic acid groups (broad SMARTS) is 1. The number of carbonyl (C=O) groups excluding carboxylic acids is 2. The number of amides is 2. The number of aliphatic carboxylic acids is 1. The number of piperidine rings is 1. The zero-order valence-corrected chi connectivity index (χ0v) is 23.6. The lowest BCUT2D eigenvalue weighted by molar-refractivity contribution is -0.140. The number of carbonyl (C=O) groups is 3. The van der Waals surface area contributed by atoms with Gasteiger partial charge < -0.3 is 5.11 Å². The normalized spacial score (nSPS) is 16.7. The van der Waals surface area contributed by atoms with Gasteiger partial charge in [0.1, 0.15) is 17.3 Å². The number of anilines is 2. The van der Waals surface area contributed by atoms with Crippen molar-refractivity contribution >= 4 is 40.1 Å². The number of hydrogen-bond donors (Lipinski definition) is 1. The first kappa shape index (κ1) is 28.8. The maximum atomic E-state index is 15.4. The highest BCUT2D eigenvalue weighted by molar-refractivity contribution is 7.14. The van der Waals surface area contributed by atoms with E-state index in [0.29, 0.717) is 53.6 Å². The highest BCUT2D eigenvalue weighted by Crippen LogP contribution is 2.39. The smallest absolute Gasteiger partial charge is 0.304 e. The molecule has 1 saturated heterocycles. The molecule has 1 saturated carbocycles. The maximum absolute atomic E-state index is 15.4. The quantitative estimate of drug-likeness (QED) is 0.318. The third kappa shape index (κ3) is 6.45. The van der Waals surface area contributed by atoms with E-state index < -0.39 is 28.7 Å². The predicted molar refractivity (Wildman–Crippen MR) is 153 cm³/mol. The summed E-state index contributed by atoms with van der Waals surface area (Å²) in [5.41, 5.74) is 1.16. The molecule has 2 aromatic heterocycles. The van der Waals surface area contributed by atoms with E-state index in [1.54, 1.807) is 23.2 Å². The molecule has 11 heteroatoms. The largest absolute Gasteiger partial charge is 0.481 e. The van der Waals surface area contributed by atoms with Gasteiger partial charge >= 0.3 is 5.97 Å². The van der Waals surface area contributed by atoms with Crippen molar-refractivity contribution in [2.24, 2.45) is 11.8 Å². The average molecular weight is 583 g/mol. The van der Waals surface area contributed by atoms with E-state index in [-0.39, 0.29) is 28.7 Å². The second-order valence-corrected chi connectivity index (χ2v) is 11.7. The number of carboxylic acids is 1. The van der Waals surface area contributed by atoms with Crippen LogP contribution < -0.4 is 9.80 Å². The van der Waals surface area contributed by atoms with Crippen LogP contribution >= 0.6 is 11.3 Å². The monoisotopic (exact) mass is 582 g/mol. The van der Waals surface area contributed by atoms with Crippen LogP contribution in [0.15, 0.2) is 36.5 Å². The van der Waals surface area contributed by atoms with Crippen LogP contribution in [0, 0.1) is 22.8 Å². The van der Waals surface area contributed by atoms with E-state index in [1.165, 1.54) is 30.1 Å². The summed E-state index contributed by atoms with van der Waals surface area (Å²) in [5, 5.41) is 8.79. The molecule has 1 aliphatic carbocycles. The minimum Gasteiger partial charge on any atom is -0.481 e. The molecule has 0 radical (unpaired) electrons. The van der Waals surface area contributed by atoms with Gasteiger partial charge in [-0.05, 0) is 55.0 Å². The van der Waals surface area contributed by atoms with Crippen LogP contribution in [0.2, 0.25) is 0 Å². The van der Waals surface area contributed by atoms with Crippen molar-refractivity contribution in [1.82, 2.24) is 9.97 Å². The summed E-state index contributed by atoms with van der Waals surface area (Å²) >= 11 is 0.654. The Hall–Kier alpha value is -3.73. The predicted octanol–water partition coefficient (Wildman–Crippen LogP) is 6.30. The molecule has 5 rings (SSSR count). The average Bonchev–Trinajstić information content (AvgIpc) is 3.61. The van der Waals surface area contributed by atoms with Crippen LogP contribution in [-0.2, 0) is 14.4 Å². The minimum absolute atomic E-state index is 0.0172. The Morgan fingerprint density at radius 1 is 1.12 bits per heavy atom. The van der Waals surface area contributed by atoms with Crippen LogP contribution in [0.1, 0.15) is 57.8 Å². The Morgan fingerprint density at radius 2 is 1.90 bits per heavy atom. The second kappa shape index (κ2) is 12.4. The molecule has 1 atom stereocenters. The fraction of sp³-hybridized carbons (Fsp3) is 0.433. The van der Waals surface area contributed by atoms with Crippen molar-refractivity contribution in [2.45, 2.75) is 57.8 Å². The number of thiazole rings is 1. The molecule has 1 N–H and O–H groups in total. The van der Waals surface area contributed by atoms with Gasteiger partial charge in [0.05, 0.1) is 6.42 Å². The Kier molecular flexibility index (Phi) is 8.72. The van der Waals surface area contributed by atoms with Crippen molar-refractivity contribution in [2.75, 3.05) is 23.4 Å². The van der Waals surface area contributed by atoms with Crippen molar-refractivity contribution in [3.8, 4) is 22.4 Å². The van der Waals surface area contributed by atoms with Gasteiger partial charge in [-0.1, -0.05) is 43.1 Å². The maximum Gasteiger partial charge on any atom is 0.304 e. The number of hydrogen-bond acceptors (Lipinski definition) is 6. The standard InChI is InChI=1S/C30H32F2N4O4S/c1-35(29(40)20(15-26(38)39)14-18-6-2-3-7-18)30-34-27(28(32)41-30)23-16-21(31)10-11-22(23)19-9-12-24(33-17-19)36-13-5-4-8-25(36)37/h9-12,16-18,20H,2-8,13-15H2,1H3,(H,38,39). The third-order valence-corrected chi connectivity index (χ3v) is 8.87. The molecule has 216 valence electrons. The van der Waals surface area contributed by atoms with Crippen molar-refractivity contribution in [3.05, 3.63) is 47.5 Å². The van der Waals surface area contributed by atoms with E-state index >= 15 is 4.39 Å². The lowest BCUT2D eigenvalue weighted by Crippen LogP contribution is -2.35. The van der Waals surface area contributed by atoms with Crippen LogP contribution in [0.5, 0.6) is 0 Å². The number of halogens is 2. The molecule has 3 heterocycles. The fourth-order valence-corrected chi connectivity index (χ4v) is 6.59. The van der Waals surface area contributed by atoms with E-state index in [4.69, 9.17) is 0 Å². The third-order valence-electron chi connectivity index (χ3n) is 7.95. The summed E-state index contributed by atoms with van der Waals surface area (Å²) in [4.78, 5) is 48.9. The molecule has 1 unspecified atom stereocenters. The Labute approximate surface area is 241 Å². The summed E-state index contributed by atoms with van der Waals surface area (Å²) < 4.78 is 29.8. The first-order valence-corrected chi connectivity index (χ1v) is 14.7. The molecule has 41 heavy (non-hydrogen) atoms. The van der Waals surface area contributed by atoms with Crippen molar-refractivity contribution < 1.29 is 28.3 Å². The molecule has 2 amide bonds. The molecule has 3 aromatic rings. The summed E-state index contributed by atoms with van der Waals surface area (Å²) in [5.74, 6) is -1.97. The molecular formula is C30H32F2N4O4S. The summed E-state index contributed by atoms with van der Waals surface area (Å²) in [6.45, 7) is 0.597. The van der Waals surface area contributed by atoms with Gasteiger partial charge in [-0.15, -0.1) is 0 Å². The van der Waals surface area contributed by atoms with E-state index in [2.05, 4.69) is 9.97 Å². The first-order valence-electron chi connectivity index (χ1n) is 13.9. The Bertz CT molecular complexity index is 1440. The minimum atomic E-state index is -1.06. The highest BCUT2D eigenvalue weighted by atomic mass is 32.1. The fourth-order valence-electron chi connectivity index (χ4n) is 5.82. The summed E-state index contributed by atoms with van der Waals surface area (Å²) in [7, 11) is 1.46. The van der Waals surface area contributed by atoms with Crippen LogP contribution in [0.4, 0.5) is 19.7 Å². The van der Waals surface area contributed by atoms with E-state index in [1.807, 2.05) is 0 Å². The number of nitrogens with zero attached hydrogens (tertiary/aromatic N) is 4. The lowest BCUT2D eigenvalue weighted by Gasteiger charge is -2.25. The topological polar surface area (TPSA) is 104 Å². The van der Waals surface area contributed by atoms with Crippen LogP contribution in [0.25, 0.3) is 22.4 Å². The van der Waals surface area contributed by atoms with Crippen molar-refractivity contribution in [1.29, 1.82) is 0 Å². The van der Waals surface area contributed by atoms with Crippen LogP contribution in [0.3, 0.4) is 0 Å². The first-order chi connectivity index (χ1) is 19.7. The van der Waals surface area contributed by atoms with E-state index in [9.17, 15) is 23.9 Å².